The monoisotopic (exact) mass is 354 g/mol. The van der Waals surface area contributed by atoms with Crippen LogP contribution in [0, 0.1) is 6.92 Å². The van der Waals surface area contributed by atoms with E-state index in [1.54, 1.807) is 27.1 Å². The van der Waals surface area contributed by atoms with Crippen LogP contribution in [0.25, 0.3) is 0 Å². The number of amides is 1. The molecule has 5 nitrogen and oxygen atoms in total. The topological polar surface area (TPSA) is 66.5 Å². The Morgan fingerprint density at radius 1 is 1.50 bits per heavy atom. The molecule has 0 atom stereocenters. The summed E-state index contributed by atoms with van der Waals surface area (Å²) in [6.07, 6.45) is 0.149. The van der Waals surface area contributed by atoms with Gasteiger partial charge in [-0.05, 0) is 28.9 Å². The van der Waals surface area contributed by atoms with Gasteiger partial charge in [0.25, 0.3) is 0 Å². The van der Waals surface area contributed by atoms with E-state index in [1.807, 2.05) is 0 Å². The molecular formula is C10H15BrN2O3S2. The van der Waals surface area contributed by atoms with Gasteiger partial charge in [0.2, 0.25) is 15.9 Å². The van der Waals surface area contributed by atoms with Gasteiger partial charge in [-0.3, -0.25) is 4.79 Å². The minimum atomic E-state index is -3.53. The van der Waals surface area contributed by atoms with Gasteiger partial charge in [0.15, 0.2) is 0 Å². The summed E-state index contributed by atoms with van der Waals surface area (Å²) in [6.45, 7) is 1.85. The summed E-state index contributed by atoms with van der Waals surface area (Å²) in [6, 6.07) is 1.57. The minimum absolute atomic E-state index is 0.103. The summed E-state index contributed by atoms with van der Waals surface area (Å²) in [5, 5.41) is 0. The molecule has 0 saturated carbocycles. The van der Waals surface area contributed by atoms with Crippen molar-refractivity contribution in [1.29, 1.82) is 0 Å². The number of nitrogens with zero attached hydrogens (tertiary/aromatic N) is 1. The largest absolute Gasteiger partial charge is 0.349 e. The number of halogens is 1. The highest BCUT2D eigenvalue weighted by Gasteiger charge is 2.19. The minimum Gasteiger partial charge on any atom is -0.349 e. The van der Waals surface area contributed by atoms with Crippen LogP contribution in [0.3, 0.4) is 0 Å². The van der Waals surface area contributed by atoms with Gasteiger partial charge in [0, 0.05) is 31.9 Å². The van der Waals surface area contributed by atoms with Crippen LogP contribution in [0.4, 0.5) is 0 Å². The first kappa shape index (κ1) is 15.6. The Labute approximate surface area is 119 Å². The summed E-state index contributed by atoms with van der Waals surface area (Å²) >= 11 is 4.61. The molecule has 1 rings (SSSR count). The van der Waals surface area contributed by atoms with Crippen LogP contribution in [-0.2, 0) is 14.8 Å². The predicted octanol–water partition coefficient (Wildman–Crippen LogP) is 1.58. The standard InChI is InChI=1S/C10H15BrN2O3S2/c1-7-8(6-9(11)17-7)18(15,16)12-5-4-10(14)13(2)3/h6,12H,4-5H2,1-3H3. The molecule has 1 amide bonds. The predicted molar refractivity (Wildman–Crippen MR) is 75.3 cm³/mol. The SMILES string of the molecule is Cc1sc(Br)cc1S(=O)(=O)NCCC(=O)N(C)C. The summed E-state index contributed by atoms with van der Waals surface area (Å²) in [5.41, 5.74) is 0. The first-order chi connectivity index (χ1) is 8.24. The third-order valence-electron chi connectivity index (χ3n) is 2.26. The number of hydrogen-bond donors (Lipinski definition) is 1. The van der Waals surface area contributed by atoms with E-state index in [-0.39, 0.29) is 23.8 Å². The number of hydrogen-bond acceptors (Lipinski definition) is 4. The summed E-state index contributed by atoms with van der Waals surface area (Å²) in [7, 11) is -0.260. The van der Waals surface area contributed by atoms with E-state index in [1.165, 1.54) is 16.2 Å². The highest BCUT2D eigenvalue weighted by molar-refractivity contribution is 9.11. The lowest BCUT2D eigenvalue weighted by Gasteiger charge is -2.10. The zero-order chi connectivity index (χ0) is 13.9. The smallest absolute Gasteiger partial charge is 0.241 e. The first-order valence-corrected chi connectivity index (χ1v) is 8.29. The van der Waals surface area contributed by atoms with Crippen molar-refractivity contribution in [2.45, 2.75) is 18.2 Å². The Hall–Kier alpha value is -0.440. The van der Waals surface area contributed by atoms with E-state index in [0.717, 1.165) is 3.79 Å². The zero-order valence-electron chi connectivity index (χ0n) is 10.4. The fourth-order valence-electron chi connectivity index (χ4n) is 1.29. The molecule has 0 radical (unpaired) electrons. The highest BCUT2D eigenvalue weighted by Crippen LogP contribution is 2.29. The van der Waals surface area contributed by atoms with Crippen molar-refractivity contribution in [3.8, 4) is 0 Å². The number of sulfonamides is 1. The highest BCUT2D eigenvalue weighted by atomic mass is 79.9. The lowest BCUT2D eigenvalue weighted by molar-refractivity contribution is -0.128. The number of aryl methyl sites for hydroxylation is 1. The third kappa shape index (κ3) is 4.04. The number of nitrogens with one attached hydrogen (secondary N) is 1. The van der Waals surface area contributed by atoms with E-state index in [4.69, 9.17) is 0 Å². The lowest BCUT2D eigenvalue weighted by Crippen LogP contribution is -2.30. The second-order valence-corrected chi connectivity index (χ2v) is 8.28. The Bertz CT molecular complexity index is 537. The van der Waals surface area contributed by atoms with Crippen LogP contribution in [-0.4, -0.2) is 39.9 Å². The average molecular weight is 355 g/mol. The summed E-state index contributed by atoms with van der Waals surface area (Å²) in [4.78, 5) is 13.7. The summed E-state index contributed by atoms with van der Waals surface area (Å²) < 4.78 is 27.1. The summed E-state index contributed by atoms with van der Waals surface area (Å²) in [5.74, 6) is -0.110. The van der Waals surface area contributed by atoms with Crippen molar-refractivity contribution in [3.05, 3.63) is 14.7 Å². The molecule has 0 aliphatic carbocycles. The van der Waals surface area contributed by atoms with Gasteiger partial charge in [-0.1, -0.05) is 0 Å². The molecule has 0 spiro atoms. The molecule has 0 bridgehead atoms. The van der Waals surface area contributed by atoms with E-state index >= 15 is 0 Å². The Morgan fingerprint density at radius 3 is 2.56 bits per heavy atom. The quantitative estimate of drug-likeness (QED) is 0.872. The molecule has 0 fully saturated rings. The van der Waals surface area contributed by atoms with Crippen LogP contribution in [0.2, 0.25) is 0 Å². The fourth-order valence-corrected chi connectivity index (χ4v) is 4.74. The number of carbonyl (C=O) groups excluding carboxylic acids is 1. The number of rotatable bonds is 5. The van der Waals surface area contributed by atoms with E-state index in [2.05, 4.69) is 20.7 Å². The average Bonchev–Trinajstić information content (AvgIpc) is 2.58. The molecule has 18 heavy (non-hydrogen) atoms. The molecule has 0 aliphatic rings. The zero-order valence-corrected chi connectivity index (χ0v) is 13.6. The molecule has 1 N–H and O–H groups in total. The molecule has 1 aromatic heterocycles. The maximum atomic E-state index is 12.0. The fraction of sp³-hybridized carbons (Fsp3) is 0.500. The molecule has 0 unspecified atom stereocenters. The van der Waals surface area contributed by atoms with Gasteiger partial charge < -0.3 is 4.90 Å². The molecule has 8 heteroatoms. The molecule has 1 aromatic rings. The molecule has 1 heterocycles. The van der Waals surface area contributed by atoms with Crippen molar-refractivity contribution in [3.63, 3.8) is 0 Å². The molecule has 102 valence electrons. The van der Waals surface area contributed by atoms with Gasteiger partial charge in [-0.2, -0.15) is 0 Å². The molecule has 0 aromatic carbocycles. The third-order valence-corrected chi connectivity index (χ3v) is 5.53. The molecule has 0 saturated heterocycles. The Kier molecular flexibility index (Phi) is 5.32. The maximum Gasteiger partial charge on any atom is 0.241 e. The van der Waals surface area contributed by atoms with Gasteiger partial charge in [0.1, 0.15) is 0 Å². The number of carbonyl (C=O) groups is 1. The maximum absolute atomic E-state index is 12.0. The van der Waals surface area contributed by atoms with Crippen LogP contribution in [0.1, 0.15) is 11.3 Å². The Morgan fingerprint density at radius 2 is 2.11 bits per heavy atom. The first-order valence-electron chi connectivity index (χ1n) is 5.20. The van der Waals surface area contributed by atoms with E-state index < -0.39 is 10.0 Å². The number of thiophene rings is 1. The van der Waals surface area contributed by atoms with Crippen LogP contribution in [0.15, 0.2) is 14.7 Å². The van der Waals surface area contributed by atoms with Crippen molar-refractivity contribution in [1.82, 2.24) is 9.62 Å². The second kappa shape index (κ2) is 6.14. The van der Waals surface area contributed by atoms with E-state index in [9.17, 15) is 13.2 Å². The normalized spacial score (nSPS) is 11.6. The lowest BCUT2D eigenvalue weighted by atomic mass is 10.4. The van der Waals surface area contributed by atoms with Crippen LogP contribution in [0.5, 0.6) is 0 Å². The van der Waals surface area contributed by atoms with Crippen molar-refractivity contribution in [2.24, 2.45) is 0 Å². The second-order valence-electron chi connectivity index (χ2n) is 3.91. The van der Waals surface area contributed by atoms with Gasteiger partial charge >= 0.3 is 0 Å². The van der Waals surface area contributed by atoms with Crippen molar-refractivity contribution >= 4 is 43.2 Å². The van der Waals surface area contributed by atoms with Gasteiger partial charge in [0.05, 0.1) is 8.68 Å². The van der Waals surface area contributed by atoms with Crippen molar-refractivity contribution in [2.75, 3.05) is 20.6 Å². The molecular weight excluding hydrogens is 340 g/mol. The molecule has 0 aliphatic heterocycles. The van der Waals surface area contributed by atoms with Crippen molar-refractivity contribution < 1.29 is 13.2 Å². The van der Waals surface area contributed by atoms with Crippen LogP contribution < -0.4 is 4.72 Å². The van der Waals surface area contributed by atoms with Crippen LogP contribution >= 0.6 is 27.3 Å². The Balaban J connectivity index is 2.67. The van der Waals surface area contributed by atoms with Gasteiger partial charge in [-0.25, -0.2) is 13.1 Å². The van der Waals surface area contributed by atoms with E-state index in [0.29, 0.717) is 4.88 Å². The van der Waals surface area contributed by atoms with Gasteiger partial charge in [-0.15, -0.1) is 11.3 Å².